The van der Waals surface area contributed by atoms with E-state index in [1.807, 2.05) is 0 Å². The van der Waals surface area contributed by atoms with Crippen LogP contribution in [0.3, 0.4) is 0 Å². The van der Waals surface area contributed by atoms with Crippen molar-refractivity contribution in [1.29, 1.82) is 0 Å². The minimum absolute atomic E-state index is 0.000830. The monoisotopic (exact) mass is 459 g/mol. The molecular weight excluding hydrogens is 444 g/mol. The van der Waals surface area contributed by atoms with Crippen molar-refractivity contribution >= 4 is 6.02 Å². The highest BCUT2D eigenvalue weighted by Crippen LogP contribution is 2.42. The first-order valence-corrected chi connectivity index (χ1v) is 9.16. The second-order valence-corrected chi connectivity index (χ2v) is 7.34. The van der Waals surface area contributed by atoms with E-state index in [9.17, 15) is 26.3 Å². The molecule has 2 atom stereocenters. The Morgan fingerprint density at radius 1 is 1.25 bits per heavy atom. The normalized spacial score (nSPS) is 21.5. The number of alkyl halides is 5. The van der Waals surface area contributed by atoms with Gasteiger partial charge in [-0.2, -0.15) is 18.3 Å². The molecule has 0 spiro atoms. The Labute approximate surface area is 176 Å². The lowest BCUT2D eigenvalue weighted by atomic mass is 9.84. The average Bonchev–Trinajstić information content (AvgIpc) is 3.36. The summed E-state index contributed by atoms with van der Waals surface area (Å²) in [7, 11) is 0. The molecule has 1 aliphatic rings. The van der Waals surface area contributed by atoms with Crippen molar-refractivity contribution in [1.82, 2.24) is 15.4 Å². The topological polar surface area (TPSA) is 102 Å². The van der Waals surface area contributed by atoms with Crippen molar-refractivity contribution in [2.45, 2.75) is 37.6 Å². The molecule has 2 aromatic heterocycles. The number of nitrogens with zero attached hydrogens (tertiary/aromatic N) is 3. The van der Waals surface area contributed by atoms with E-state index in [4.69, 9.17) is 10.3 Å². The van der Waals surface area contributed by atoms with Crippen LogP contribution in [0.25, 0.3) is 22.7 Å². The van der Waals surface area contributed by atoms with E-state index in [0.29, 0.717) is 0 Å². The van der Waals surface area contributed by atoms with Crippen LogP contribution in [0.5, 0.6) is 0 Å². The lowest BCUT2D eigenvalue weighted by molar-refractivity contribution is -0.208. The van der Waals surface area contributed by atoms with Gasteiger partial charge in [-0.3, -0.25) is 5.10 Å². The highest BCUT2D eigenvalue weighted by atomic mass is 19.4. The van der Waals surface area contributed by atoms with E-state index in [-0.39, 0.29) is 33.8 Å². The highest BCUT2D eigenvalue weighted by molar-refractivity contribution is 5.73. The van der Waals surface area contributed by atoms with Gasteiger partial charge in [-0.1, -0.05) is 5.16 Å². The molecule has 0 unspecified atom stereocenters. The summed E-state index contributed by atoms with van der Waals surface area (Å²) < 4.78 is 90.3. The zero-order valence-electron chi connectivity index (χ0n) is 16.3. The number of rotatable bonds is 4. The van der Waals surface area contributed by atoms with Gasteiger partial charge in [0, 0.05) is 29.8 Å². The van der Waals surface area contributed by atoms with Gasteiger partial charge in [-0.15, -0.1) is 0 Å². The third-order valence-corrected chi connectivity index (χ3v) is 5.06. The smallest absolute Gasteiger partial charge is 0.425 e. The van der Waals surface area contributed by atoms with Crippen molar-refractivity contribution in [3.05, 3.63) is 47.4 Å². The number of aromatic nitrogens is 3. The molecule has 3 N–H and O–H groups in total. The number of amidine groups is 1. The predicted octanol–water partition coefficient (Wildman–Crippen LogP) is 4.69. The standard InChI is InChI=1S/C19H15F6N5O2/c1-18(6-14(19(23,24)25)31-17(26)28-18)10-4-8(2-3-11(10)20)13-5-12(30-32-13)15-9(16(21)22)7-27-29-15/h2-5,7,14,16H,6H2,1H3,(H2,26,28)(H,27,29)/t14-,18-/m0/s1. The molecule has 0 bridgehead atoms. The lowest BCUT2D eigenvalue weighted by Crippen LogP contribution is -2.46. The van der Waals surface area contributed by atoms with Crippen LogP contribution >= 0.6 is 0 Å². The summed E-state index contributed by atoms with van der Waals surface area (Å²) in [6.07, 6.45) is -9.49. The minimum atomic E-state index is -4.73. The molecule has 4 rings (SSSR count). The van der Waals surface area contributed by atoms with Gasteiger partial charge in [-0.05, 0) is 25.1 Å². The summed E-state index contributed by atoms with van der Waals surface area (Å²) in [5.74, 6) is -0.757. The zero-order valence-corrected chi connectivity index (χ0v) is 16.3. The minimum Gasteiger partial charge on any atom is -0.452 e. The van der Waals surface area contributed by atoms with Gasteiger partial charge < -0.3 is 15.0 Å². The van der Waals surface area contributed by atoms with Crippen LogP contribution in [0.2, 0.25) is 0 Å². The summed E-state index contributed by atoms with van der Waals surface area (Å²) in [5.41, 5.74) is 3.29. The first-order valence-electron chi connectivity index (χ1n) is 9.16. The maximum Gasteiger partial charge on any atom is 0.425 e. The Kier molecular flexibility index (Phi) is 5.13. The fourth-order valence-corrected chi connectivity index (χ4v) is 3.50. The van der Waals surface area contributed by atoms with Crippen molar-refractivity contribution in [3.63, 3.8) is 0 Å². The molecule has 7 nitrogen and oxygen atoms in total. The Morgan fingerprint density at radius 3 is 2.69 bits per heavy atom. The Bertz CT molecular complexity index is 1170. The molecule has 3 aromatic rings. The van der Waals surface area contributed by atoms with Crippen molar-refractivity contribution in [2.75, 3.05) is 0 Å². The number of ether oxygens (including phenoxy) is 1. The van der Waals surface area contributed by atoms with Gasteiger partial charge in [0.2, 0.25) is 0 Å². The molecule has 0 aliphatic carbocycles. The summed E-state index contributed by atoms with van der Waals surface area (Å²) >= 11 is 0. The summed E-state index contributed by atoms with van der Waals surface area (Å²) in [6, 6.07) is 4.17. The van der Waals surface area contributed by atoms with E-state index >= 15 is 0 Å². The van der Waals surface area contributed by atoms with Crippen LogP contribution < -0.4 is 5.73 Å². The third-order valence-electron chi connectivity index (χ3n) is 5.06. The number of aliphatic imine (C=N–C) groups is 1. The fourth-order valence-electron chi connectivity index (χ4n) is 3.50. The molecule has 170 valence electrons. The predicted molar refractivity (Wildman–Crippen MR) is 99.0 cm³/mol. The first-order chi connectivity index (χ1) is 15.0. The summed E-state index contributed by atoms with van der Waals surface area (Å²) in [6.45, 7) is 1.30. The van der Waals surface area contributed by atoms with Crippen LogP contribution in [0.1, 0.15) is 30.9 Å². The van der Waals surface area contributed by atoms with Crippen LogP contribution in [0, 0.1) is 5.82 Å². The van der Waals surface area contributed by atoms with Crippen LogP contribution in [0.4, 0.5) is 26.3 Å². The van der Waals surface area contributed by atoms with Crippen LogP contribution in [-0.4, -0.2) is 33.7 Å². The second-order valence-electron chi connectivity index (χ2n) is 7.34. The molecule has 0 saturated heterocycles. The largest absolute Gasteiger partial charge is 0.452 e. The average molecular weight is 459 g/mol. The molecule has 1 aliphatic heterocycles. The fraction of sp³-hybridized carbons (Fsp3) is 0.316. The van der Waals surface area contributed by atoms with Gasteiger partial charge >= 0.3 is 6.18 Å². The second kappa shape index (κ2) is 7.57. The Hall–Kier alpha value is -3.51. The van der Waals surface area contributed by atoms with E-state index in [2.05, 4.69) is 25.1 Å². The van der Waals surface area contributed by atoms with E-state index in [0.717, 1.165) is 12.3 Å². The molecular formula is C19H15F6N5O2. The Balaban J connectivity index is 1.72. The zero-order chi connectivity index (χ0) is 23.3. The van der Waals surface area contributed by atoms with E-state index in [1.54, 1.807) is 0 Å². The maximum absolute atomic E-state index is 14.7. The molecule has 0 saturated carbocycles. The molecule has 3 heterocycles. The van der Waals surface area contributed by atoms with E-state index < -0.39 is 42.5 Å². The number of nitrogens with one attached hydrogen (secondary N) is 1. The first kappa shape index (κ1) is 21.7. The number of H-pyrrole nitrogens is 1. The Morgan fingerprint density at radius 2 is 2.00 bits per heavy atom. The maximum atomic E-state index is 14.7. The number of hydrogen-bond donors (Lipinski definition) is 2. The molecule has 0 fully saturated rings. The number of benzene rings is 1. The van der Waals surface area contributed by atoms with Crippen molar-refractivity contribution in [3.8, 4) is 22.7 Å². The van der Waals surface area contributed by atoms with Gasteiger partial charge in [0.15, 0.2) is 11.9 Å². The number of aromatic amines is 1. The quantitative estimate of drug-likeness (QED) is 0.551. The number of nitrogens with two attached hydrogens (primary N) is 1. The third kappa shape index (κ3) is 3.89. The van der Waals surface area contributed by atoms with Gasteiger partial charge in [-0.25, -0.2) is 18.2 Å². The van der Waals surface area contributed by atoms with Crippen molar-refractivity contribution in [2.24, 2.45) is 10.7 Å². The SMILES string of the molecule is C[C@@]1(c2cc(-c3cc(-c4n[nH]cc4C(F)F)no3)ccc2F)C[C@@H](C(F)(F)F)OC(N)=N1. The van der Waals surface area contributed by atoms with E-state index in [1.165, 1.54) is 25.1 Å². The van der Waals surface area contributed by atoms with Gasteiger partial charge in [0.05, 0.1) is 11.1 Å². The van der Waals surface area contributed by atoms with Gasteiger partial charge in [0.25, 0.3) is 12.4 Å². The lowest BCUT2D eigenvalue weighted by Gasteiger charge is -2.36. The summed E-state index contributed by atoms with van der Waals surface area (Å²) in [4.78, 5) is 3.91. The number of halogens is 6. The molecule has 0 amide bonds. The molecule has 1 aromatic carbocycles. The van der Waals surface area contributed by atoms with Crippen molar-refractivity contribution < 1.29 is 35.6 Å². The molecule has 32 heavy (non-hydrogen) atoms. The molecule has 0 radical (unpaired) electrons. The molecule has 13 heteroatoms. The highest BCUT2D eigenvalue weighted by Gasteiger charge is 2.50. The van der Waals surface area contributed by atoms with Crippen LogP contribution in [0.15, 0.2) is 40.0 Å². The van der Waals surface area contributed by atoms with Crippen LogP contribution in [-0.2, 0) is 10.3 Å². The number of hydrogen-bond acceptors (Lipinski definition) is 6. The van der Waals surface area contributed by atoms with Gasteiger partial charge in [0.1, 0.15) is 17.2 Å². The summed E-state index contributed by atoms with van der Waals surface area (Å²) in [5, 5.41) is 9.77.